The van der Waals surface area contributed by atoms with Crippen LogP contribution in [0.5, 0.6) is 0 Å². The molecule has 2 fully saturated rings. The van der Waals surface area contributed by atoms with Gasteiger partial charge in [0.2, 0.25) is 0 Å². The number of aryl methyl sites for hydroxylation is 1. The molecule has 0 spiro atoms. The van der Waals surface area contributed by atoms with E-state index in [1.165, 1.54) is 17.7 Å². The van der Waals surface area contributed by atoms with Gasteiger partial charge in [-0.15, -0.1) is 0 Å². The molecule has 2 N–H and O–H groups in total. The standard InChI is InChI=1S/C24H41N5O2/c1-21-7-3-8-22(19-21)29-15-13-28(14-16-29)12-5-10-26-24(25-2)27-11-6-17-30-20-23-9-4-18-31-23/h3,7-8,19,23H,4-6,9-18,20H2,1-2H3,(H2,25,26,27). The van der Waals surface area contributed by atoms with Crippen molar-refractivity contribution in [3.05, 3.63) is 29.8 Å². The summed E-state index contributed by atoms with van der Waals surface area (Å²) in [5.74, 6) is 0.878. The van der Waals surface area contributed by atoms with Crippen molar-refractivity contribution in [1.29, 1.82) is 0 Å². The smallest absolute Gasteiger partial charge is 0.190 e. The lowest BCUT2D eigenvalue weighted by Crippen LogP contribution is -2.47. The average Bonchev–Trinajstić information content (AvgIpc) is 3.31. The highest BCUT2D eigenvalue weighted by Gasteiger charge is 2.17. The number of ether oxygens (including phenoxy) is 2. The first-order chi connectivity index (χ1) is 15.2. The first-order valence-electron chi connectivity index (χ1n) is 11.9. The number of nitrogens with zero attached hydrogens (tertiary/aromatic N) is 3. The second-order valence-electron chi connectivity index (χ2n) is 8.51. The predicted octanol–water partition coefficient (Wildman–Crippen LogP) is 2.26. The van der Waals surface area contributed by atoms with Crippen LogP contribution in [0.4, 0.5) is 5.69 Å². The van der Waals surface area contributed by atoms with E-state index in [0.29, 0.717) is 6.10 Å². The number of rotatable bonds is 11. The number of aliphatic imine (C=N–C) groups is 1. The Kier molecular flexibility index (Phi) is 10.4. The molecule has 174 valence electrons. The monoisotopic (exact) mass is 431 g/mol. The number of benzene rings is 1. The van der Waals surface area contributed by atoms with E-state index >= 15 is 0 Å². The van der Waals surface area contributed by atoms with E-state index in [0.717, 1.165) is 90.9 Å². The molecule has 0 amide bonds. The summed E-state index contributed by atoms with van der Waals surface area (Å²) in [6.07, 6.45) is 4.71. The quantitative estimate of drug-likeness (QED) is 0.318. The second kappa shape index (κ2) is 13.6. The maximum atomic E-state index is 5.71. The third-order valence-corrected chi connectivity index (χ3v) is 5.99. The molecule has 0 saturated carbocycles. The summed E-state index contributed by atoms with van der Waals surface area (Å²) in [4.78, 5) is 9.38. The van der Waals surface area contributed by atoms with E-state index in [-0.39, 0.29) is 0 Å². The Morgan fingerprint density at radius 1 is 1.16 bits per heavy atom. The van der Waals surface area contributed by atoms with Crippen LogP contribution in [0.2, 0.25) is 0 Å². The van der Waals surface area contributed by atoms with Crippen LogP contribution < -0.4 is 15.5 Å². The summed E-state index contributed by atoms with van der Waals surface area (Å²) in [7, 11) is 1.83. The molecule has 0 aromatic heterocycles. The topological polar surface area (TPSA) is 61.4 Å². The van der Waals surface area contributed by atoms with Crippen LogP contribution in [0.15, 0.2) is 29.3 Å². The molecule has 1 aromatic rings. The van der Waals surface area contributed by atoms with E-state index in [4.69, 9.17) is 9.47 Å². The summed E-state index contributed by atoms with van der Waals surface area (Å²) in [5.41, 5.74) is 2.69. The Balaban J connectivity index is 1.19. The Hall–Kier alpha value is -1.83. The molecule has 1 atom stereocenters. The zero-order valence-electron chi connectivity index (χ0n) is 19.4. The minimum Gasteiger partial charge on any atom is -0.379 e. The maximum Gasteiger partial charge on any atom is 0.190 e. The summed E-state index contributed by atoms with van der Waals surface area (Å²) in [6.45, 7) is 12.0. The van der Waals surface area contributed by atoms with Crippen LogP contribution in [-0.2, 0) is 9.47 Å². The number of nitrogens with one attached hydrogen (secondary N) is 2. The van der Waals surface area contributed by atoms with Crippen molar-refractivity contribution in [2.75, 3.05) is 77.6 Å². The average molecular weight is 432 g/mol. The minimum atomic E-state index is 0.313. The van der Waals surface area contributed by atoms with E-state index < -0.39 is 0 Å². The lowest BCUT2D eigenvalue weighted by Gasteiger charge is -2.36. The van der Waals surface area contributed by atoms with E-state index in [2.05, 4.69) is 56.6 Å². The summed E-state index contributed by atoms with van der Waals surface area (Å²) >= 11 is 0. The molecule has 2 heterocycles. The molecule has 31 heavy (non-hydrogen) atoms. The third kappa shape index (κ3) is 8.67. The Labute approximate surface area is 188 Å². The molecule has 1 aromatic carbocycles. The van der Waals surface area contributed by atoms with Gasteiger partial charge in [-0.2, -0.15) is 0 Å². The third-order valence-electron chi connectivity index (χ3n) is 5.99. The number of piperazine rings is 1. The molecular formula is C24H41N5O2. The van der Waals surface area contributed by atoms with Crippen LogP contribution in [0.3, 0.4) is 0 Å². The fourth-order valence-corrected chi connectivity index (χ4v) is 4.16. The second-order valence-corrected chi connectivity index (χ2v) is 8.51. The molecule has 0 bridgehead atoms. The SMILES string of the molecule is CN=C(NCCCOCC1CCCO1)NCCCN1CCN(c2cccc(C)c2)CC1. The van der Waals surface area contributed by atoms with Gasteiger partial charge in [0.05, 0.1) is 12.7 Å². The van der Waals surface area contributed by atoms with Crippen molar-refractivity contribution in [2.24, 2.45) is 4.99 Å². The highest BCUT2D eigenvalue weighted by Crippen LogP contribution is 2.17. The predicted molar refractivity (Wildman–Crippen MR) is 128 cm³/mol. The number of hydrogen-bond donors (Lipinski definition) is 2. The van der Waals surface area contributed by atoms with Crippen molar-refractivity contribution in [3.63, 3.8) is 0 Å². The molecule has 7 heteroatoms. The van der Waals surface area contributed by atoms with Crippen LogP contribution in [0, 0.1) is 6.92 Å². The van der Waals surface area contributed by atoms with Gasteiger partial charge in [0.25, 0.3) is 0 Å². The first-order valence-corrected chi connectivity index (χ1v) is 11.9. The largest absolute Gasteiger partial charge is 0.379 e. The highest BCUT2D eigenvalue weighted by atomic mass is 16.5. The van der Waals surface area contributed by atoms with Crippen LogP contribution in [0.1, 0.15) is 31.2 Å². The summed E-state index contributed by atoms with van der Waals surface area (Å²) in [6, 6.07) is 8.83. The Morgan fingerprint density at radius 3 is 2.68 bits per heavy atom. The van der Waals surface area contributed by atoms with Crippen molar-refractivity contribution in [1.82, 2.24) is 15.5 Å². The van der Waals surface area contributed by atoms with Gasteiger partial charge >= 0.3 is 0 Å². The normalized spacial score (nSPS) is 20.3. The van der Waals surface area contributed by atoms with Gasteiger partial charge in [-0.3, -0.25) is 9.89 Å². The summed E-state index contributed by atoms with van der Waals surface area (Å²) in [5, 5.41) is 6.80. The van der Waals surface area contributed by atoms with Crippen molar-refractivity contribution < 1.29 is 9.47 Å². The van der Waals surface area contributed by atoms with Gasteiger partial charge in [0, 0.05) is 65.2 Å². The number of guanidine groups is 1. The Bertz CT molecular complexity index is 655. The van der Waals surface area contributed by atoms with Crippen molar-refractivity contribution >= 4 is 11.6 Å². The van der Waals surface area contributed by atoms with Crippen LogP contribution >= 0.6 is 0 Å². The van der Waals surface area contributed by atoms with Crippen molar-refractivity contribution in [3.8, 4) is 0 Å². The number of hydrogen-bond acceptors (Lipinski definition) is 5. The molecule has 7 nitrogen and oxygen atoms in total. The van der Waals surface area contributed by atoms with E-state index in [9.17, 15) is 0 Å². The van der Waals surface area contributed by atoms with Crippen molar-refractivity contribution in [2.45, 2.75) is 38.7 Å². The lowest BCUT2D eigenvalue weighted by atomic mass is 10.2. The fraction of sp³-hybridized carbons (Fsp3) is 0.708. The molecule has 3 rings (SSSR count). The molecule has 0 aliphatic carbocycles. The maximum absolute atomic E-state index is 5.71. The van der Waals surface area contributed by atoms with Crippen LogP contribution in [0.25, 0.3) is 0 Å². The Morgan fingerprint density at radius 2 is 1.97 bits per heavy atom. The zero-order valence-corrected chi connectivity index (χ0v) is 19.4. The molecular weight excluding hydrogens is 390 g/mol. The van der Waals surface area contributed by atoms with Gasteiger partial charge in [-0.1, -0.05) is 12.1 Å². The van der Waals surface area contributed by atoms with Gasteiger partial charge in [-0.25, -0.2) is 0 Å². The van der Waals surface area contributed by atoms with Crippen LogP contribution in [-0.4, -0.2) is 89.6 Å². The molecule has 0 radical (unpaired) electrons. The number of anilines is 1. The van der Waals surface area contributed by atoms with E-state index in [1.54, 1.807) is 0 Å². The first kappa shape index (κ1) is 23.8. The highest BCUT2D eigenvalue weighted by molar-refractivity contribution is 5.79. The van der Waals surface area contributed by atoms with Gasteiger partial charge in [0.1, 0.15) is 0 Å². The zero-order chi connectivity index (χ0) is 21.7. The minimum absolute atomic E-state index is 0.313. The molecule has 2 saturated heterocycles. The molecule has 2 aliphatic rings. The lowest BCUT2D eigenvalue weighted by molar-refractivity contribution is 0.0168. The fourth-order valence-electron chi connectivity index (χ4n) is 4.16. The summed E-state index contributed by atoms with van der Waals surface area (Å²) < 4.78 is 11.3. The van der Waals surface area contributed by atoms with Gasteiger partial charge in [0.15, 0.2) is 5.96 Å². The van der Waals surface area contributed by atoms with E-state index in [1.807, 2.05) is 7.05 Å². The molecule has 2 aliphatic heterocycles. The van der Waals surface area contributed by atoms with Gasteiger partial charge < -0.3 is 25.0 Å². The molecule has 1 unspecified atom stereocenters. The van der Waals surface area contributed by atoms with Gasteiger partial charge in [-0.05, 0) is 56.8 Å².